The van der Waals surface area contributed by atoms with Crippen molar-refractivity contribution in [2.24, 2.45) is 5.73 Å². The van der Waals surface area contributed by atoms with Crippen LogP contribution in [0, 0.1) is 0 Å². The molecule has 1 aromatic carbocycles. The van der Waals surface area contributed by atoms with Gasteiger partial charge in [0.2, 0.25) is 0 Å². The molecular formula is C15H19F3N2. The van der Waals surface area contributed by atoms with Gasteiger partial charge in [0.25, 0.3) is 0 Å². The van der Waals surface area contributed by atoms with Crippen molar-refractivity contribution in [3.8, 4) is 0 Å². The Morgan fingerprint density at radius 3 is 2.60 bits per heavy atom. The SMILES string of the molecule is CC(N)Cc1cn(CCCC(F)(F)F)c2ccccc12. The van der Waals surface area contributed by atoms with Gasteiger partial charge in [0, 0.05) is 36.1 Å². The van der Waals surface area contributed by atoms with Gasteiger partial charge in [-0.3, -0.25) is 0 Å². The normalized spacial score (nSPS) is 13.8. The van der Waals surface area contributed by atoms with Crippen molar-refractivity contribution < 1.29 is 13.2 Å². The number of benzene rings is 1. The molecule has 2 aromatic rings. The molecule has 20 heavy (non-hydrogen) atoms. The highest BCUT2D eigenvalue weighted by atomic mass is 19.4. The third kappa shape index (κ3) is 3.76. The van der Waals surface area contributed by atoms with Gasteiger partial charge in [-0.25, -0.2) is 0 Å². The first-order valence-corrected chi connectivity index (χ1v) is 6.76. The van der Waals surface area contributed by atoms with Crippen LogP contribution in [0.4, 0.5) is 13.2 Å². The summed E-state index contributed by atoms with van der Waals surface area (Å²) in [6.07, 6.45) is -2.07. The van der Waals surface area contributed by atoms with Gasteiger partial charge in [0.1, 0.15) is 0 Å². The summed E-state index contributed by atoms with van der Waals surface area (Å²) in [5.74, 6) is 0. The largest absolute Gasteiger partial charge is 0.389 e. The highest BCUT2D eigenvalue weighted by Crippen LogP contribution is 2.25. The maximum absolute atomic E-state index is 12.2. The molecule has 110 valence electrons. The van der Waals surface area contributed by atoms with E-state index in [-0.39, 0.29) is 12.5 Å². The number of aryl methyl sites for hydroxylation is 1. The number of nitrogens with two attached hydrogens (primary N) is 1. The van der Waals surface area contributed by atoms with Crippen LogP contribution in [0.3, 0.4) is 0 Å². The summed E-state index contributed by atoms with van der Waals surface area (Å²) >= 11 is 0. The first-order chi connectivity index (χ1) is 9.37. The Kier molecular flexibility index (Phi) is 4.38. The fraction of sp³-hybridized carbons (Fsp3) is 0.467. The van der Waals surface area contributed by atoms with E-state index in [1.54, 1.807) is 0 Å². The van der Waals surface area contributed by atoms with Crippen LogP contribution in [0.2, 0.25) is 0 Å². The summed E-state index contributed by atoms with van der Waals surface area (Å²) < 4.78 is 38.6. The lowest BCUT2D eigenvalue weighted by Gasteiger charge is -2.07. The molecular weight excluding hydrogens is 265 g/mol. The van der Waals surface area contributed by atoms with Crippen LogP contribution in [-0.4, -0.2) is 16.8 Å². The lowest BCUT2D eigenvalue weighted by molar-refractivity contribution is -0.135. The Morgan fingerprint density at radius 1 is 1.25 bits per heavy atom. The van der Waals surface area contributed by atoms with Gasteiger partial charge in [-0.2, -0.15) is 13.2 Å². The maximum atomic E-state index is 12.2. The predicted octanol–water partition coefficient (Wildman–Crippen LogP) is 3.87. The monoisotopic (exact) mass is 284 g/mol. The van der Waals surface area contributed by atoms with E-state index >= 15 is 0 Å². The zero-order valence-corrected chi connectivity index (χ0v) is 11.5. The Bertz CT molecular complexity index is 570. The van der Waals surface area contributed by atoms with E-state index in [0.717, 1.165) is 22.9 Å². The topological polar surface area (TPSA) is 30.9 Å². The van der Waals surface area contributed by atoms with Crippen molar-refractivity contribution in [1.29, 1.82) is 0 Å². The van der Waals surface area contributed by atoms with E-state index in [9.17, 15) is 13.2 Å². The fourth-order valence-corrected chi connectivity index (χ4v) is 2.47. The van der Waals surface area contributed by atoms with Gasteiger partial charge in [-0.05, 0) is 31.4 Å². The number of fused-ring (bicyclic) bond motifs is 1. The Balaban J connectivity index is 2.20. The first kappa shape index (κ1) is 14.9. The molecule has 0 aliphatic heterocycles. The molecule has 1 atom stereocenters. The summed E-state index contributed by atoms with van der Waals surface area (Å²) in [6.45, 7) is 2.30. The maximum Gasteiger partial charge on any atom is 0.389 e. The Labute approximate surface area is 116 Å². The average molecular weight is 284 g/mol. The zero-order valence-electron chi connectivity index (χ0n) is 11.5. The molecule has 1 aromatic heterocycles. The standard InChI is InChI=1S/C15H19F3N2/c1-11(19)9-12-10-20(8-4-7-15(16,17)18)14-6-3-2-5-13(12)14/h2-3,5-6,10-11H,4,7-9,19H2,1H3. The minimum Gasteiger partial charge on any atom is -0.347 e. The minimum atomic E-state index is -4.09. The quantitative estimate of drug-likeness (QED) is 0.887. The van der Waals surface area contributed by atoms with E-state index in [2.05, 4.69) is 0 Å². The molecule has 1 heterocycles. The Hall–Kier alpha value is -1.49. The van der Waals surface area contributed by atoms with Crippen LogP contribution in [0.5, 0.6) is 0 Å². The van der Waals surface area contributed by atoms with Gasteiger partial charge in [0.05, 0.1) is 0 Å². The molecule has 0 saturated heterocycles. The molecule has 0 radical (unpaired) electrons. The molecule has 0 spiro atoms. The highest BCUT2D eigenvalue weighted by Gasteiger charge is 2.26. The summed E-state index contributed by atoms with van der Waals surface area (Å²) in [4.78, 5) is 0. The van der Waals surface area contributed by atoms with E-state index in [1.165, 1.54) is 0 Å². The molecule has 5 heteroatoms. The molecule has 0 bridgehead atoms. The van der Waals surface area contributed by atoms with Crippen molar-refractivity contribution in [2.45, 2.75) is 44.9 Å². The molecule has 2 nitrogen and oxygen atoms in total. The van der Waals surface area contributed by atoms with Crippen molar-refractivity contribution in [3.05, 3.63) is 36.0 Å². The molecule has 0 amide bonds. The van der Waals surface area contributed by atoms with Crippen molar-refractivity contribution >= 4 is 10.9 Å². The van der Waals surface area contributed by atoms with Gasteiger partial charge in [-0.1, -0.05) is 18.2 Å². The summed E-state index contributed by atoms with van der Waals surface area (Å²) in [5.41, 5.74) is 7.90. The summed E-state index contributed by atoms with van der Waals surface area (Å²) in [7, 11) is 0. The van der Waals surface area contributed by atoms with E-state index in [1.807, 2.05) is 42.0 Å². The number of alkyl halides is 3. The zero-order chi connectivity index (χ0) is 14.8. The Morgan fingerprint density at radius 2 is 1.95 bits per heavy atom. The second-order valence-corrected chi connectivity index (χ2v) is 5.27. The number of hydrogen-bond acceptors (Lipinski definition) is 1. The van der Waals surface area contributed by atoms with E-state index < -0.39 is 12.6 Å². The third-order valence-corrected chi connectivity index (χ3v) is 3.27. The van der Waals surface area contributed by atoms with E-state index in [0.29, 0.717) is 6.54 Å². The van der Waals surface area contributed by atoms with Crippen LogP contribution in [0.25, 0.3) is 10.9 Å². The molecule has 0 saturated carbocycles. The second-order valence-electron chi connectivity index (χ2n) is 5.27. The third-order valence-electron chi connectivity index (χ3n) is 3.27. The molecule has 0 aliphatic carbocycles. The lowest BCUT2D eigenvalue weighted by atomic mass is 10.1. The van der Waals surface area contributed by atoms with Gasteiger partial charge in [0.15, 0.2) is 0 Å². The number of hydrogen-bond donors (Lipinski definition) is 1. The van der Waals surface area contributed by atoms with E-state index in [4.69, 9.17) is 5.73 Å². The summed E-state index contributed by atoms with van der Waals surface area (Å²) in [5, 5.41) is 1.08. The fourth-order valence-electron chi connectivity index (χ4n) is 2.47. The number of rotatable bonds is 5. The van der Waals surface area contributed by atoms with Crippen LogP contribution in [0.1, 0.15) is 25.3 Å². The van der Waals surface area contributed by atoms with Crippen LogP contribution in [-0.2, 0) is 13.0 Å². The van der Waals surface area contributed by atoms with Crippen LogP contribution in [0.15, 0.2) is 30.5 Å². The number of nitrogens with zero attached hydrogens (tertiary/aromatic N) is 1. The highest BCUT2D eigenvalue weighted by molar-refractivity contribution is 5.84. The molecule has 1 unspecified atom stereocenters. The van der Waals surface area contributed by atoms with Gasteiger partial charge < -0.3 is 10.3 Å². The first-order valence-electron chi connectivity index (χ1n) is 6.76. The molecule has 2 rings (SSSR count). The molecule has 2 N–H and O–H groups in total. The second kappa shape index (κ2) is 5.87. The summed E-state index contributed by atoms with van der Waals surface area (Å²) in [6, 6.07) is 7.80. The lowest BCUT2D eigenvalue weighted by Crippen LogP contribution is -2.17. The van der Waals surface area contributed by atoms with Crippen molar-refractivity contribution in [2.75, 3.05) is 0 Å². The van der Waals surface area contributed by atoms with Gasteiger partial charge >= 0.3 is 6.18 Å². The number of para-hydroxylation sites is 1. The van der Waals surface area contributed by atoms with Crippen molar-refractivity contribution in [3.63, 3.8) is 0 Å². The molecule has 0 aliphatic rings. The number of halogens is 3. The van der Waals surface area contributed by atoms with Crippen LogP contribution >= 0.6 is 0 Å². The van der Waals surface area contributed by atoms with Crippen molar-refractivity contribution in [1.82, 2.24) is 4.57 Å². The minimum absolute atomic E-state index is 0.0319. The molecule has 0 fully saturated rings. The van der Waals surface area contributed by atoms with Gasteiger partial charge in [-0.15, -0.1) is 0 Å². The average Bonchev–Trinajstić information content (AvgIpc) is 2.66. The predicted molar refractivity (Wildman–Crippen MR) is 74.6 cm³/mol. The smallest absolute Gasteiger partial charge is 0.347 e. The van der Waals surface area contributed by atoms with Crippen LogP contribution < -0.4 is 5.73 Å². The number of aromatic nitrogens is 1.